The van der Waals surface area contributed by atoms with Crippen molar-refractivity contribution in [3.05, 3.63) is 29.8 Å². The van der Waals surface area contributed by atoms with Crippen LogP contribution in [0.1, 0.15) is 12.5 Å². The van der Waals surface area contributed by atoms with Gasteiger partial charge < -0.3 is 9.47 Å². The van der Waals surface area contributed by atoms with Crippen LogP contribution in [0.15, 0.2) is 24.3 Å². The highest BCUT2D eigenvalue weighted by atomic mass is 35.6. The maximum absolute atomic E-state index is 10.7. The third kappa shape index (κ3) is 5.12. The van der Waals surface area contributed by atoms with Crippen LogP contribution >= 0.6 is 34.8 Å². The van der Waals surface area contributed by atoms with E-state index in [0.29, 0.717) is 5.75 Å². The summed E-state index contributed by atoms with van der Waals surface area (Å²) in [6.07, 6.45) is 0. The molecule has 0 unspecified atom stereocenters. The lowest BCUT2D eigenvalue weighted by atomic mass is 10.2. The molecule has 1 aromatic carbocycles. The van der Waals surface area contributed by atoms with Gasteiger partial charge in [-0.05, 0) is 17.7 Å². The molecule has 7 heteroatoms. The van der Waals surface area contributed by atoms with Crippen molar-refractivity contribution in [1.82, 2.24) is 0 Å². The van der Waals surface area contributed by atoms with Gasteiger partial charge in [0, 0.05) is 6.92 Å². The van der Waals surface area contributed by atoms with Crippen LogP contribution in [0.5, 0.6) is 5.75 Å². The van der Waals surface area contributed by atoms with Crippen LogP contribution in [0.3, 0.4) is 0 Å². The lowest BCUT2D eigenvalue weighted by Gasteiger charge is -2.13. The molecule has 0 aliphatic heterocycles. The summed E-state index contributed by atoms with van der Waals surface area (Å²) in [4.78, 5) is 10.7. The predicted molar refractivity (Wildman–Crippen MR) is 70.6 cm³/mol. The normalized spacial score (nSPS) is 10.9. The first kappa shape index (κ1) is 15.1. The van der Waals surface area contributed by atoms with Crippen LogP contribution < -0.4 is 4.74 Å². The second kappa shape index (κ2) is 6.27. The van der Waals surface area contributed by atoms with Gasteiger partial charge in [0.05, 0.1) is 0 Å². The van der Waals surface area contributed by atoms with Gasteiger partial charge in [0.1, 0.15) is 12.4 Å². The lowest BCUT2D eigenvalue weighted by Crippen LogP contribution is -2.20. The zero-order chi connectivity index (χ0) is 13.8. The van der Waals surface area contributed by atoms with E-state index < -0.39 is 15.7 Å². The number of hydrogen-bond donors (Lipinski definition) is 1. The molecule has 0 saturated carbocycles. The van der Waals surface area contributed by atoms with Gasteiger partial charge in [-0.15, -0.1) is 0 Å². The third-order valence-corrected chi connectivity index (χ3v) is 2.34. The Kier molecular flexibility index (Phi) is 5.26. The SMILES string of the molecule is CC(=O)Oc1ccc(COC(=N)C(Cl)(Cl)Cl)cc1. The molecule has 1 aromatic rings. The van der Waals surface area contributed by atoms with Gasteiger partial charge in [-0.25, -0.2) is 0 Å². The van der Waals surface area contributed by atoms with E-state index in [-0.39, 0.29) is 6.61 Å². The maximum atomic E-state index is 10.7. The Morgan fingerprint density at radius 1 is 1.28 bits per heavy atom. The maximum Gasteiger partial charge on any atom is 0.308 e. The zero-order valence-electron chi connectivity index (χ0n) is 9.38. The molecule has 0 radical (unpaired) electrons. The Bertz CT molecular complexity index is 440. The first-order valence-electron chi connectivity index (χ1n) is 4.85. The van der Waals surface area contributed by atoms with Crippen molar-refractivity contribution in [2.75, 3.05) is 0 Å². The molecule has 0 aromatic heterocycles. The van der Waals surface area contributed by atoms with Crippen molar-refractivity contribution in [1.29, 1.82) is 5.41 Å². The van der Waals surface area contributed by atoms with E-state index in [4.69, 9.17) is 49.7 Å². The molecule has 1 rings (SSSR count). The molecule has 0 heterocycles. The van der Waals surface area contributed by atoms with Crippen LogP contribution in [-0.2, 0) is 16.1 Å². The highest BCUT2D eigenvalue weighted by Crippen LogP contribution is 2.28. The van der Waals surface area contributed by atoms with Crippen LogP contribution in [0.2, 0.25) is 0 Å². The molecule has 0 atom stereocenters. The Balaban J connectivity index is 2.54. The Labute approximate surface area is 119 Å². The Hall–Kier alpha value is -0.970. The smallest absolute Gasteiger partial charge is 0.308 e. The monoisotopic (exact) mass is 309 g/mol. The fourth-order valence-electron chi connectivity index (χ4n) is 1.06. The van der Waals surface area contributed by atoms with Crippen LogP contribution in [0.4, 0.5) is 0 Å². The molecule has 1 N–H and O–H groups in total. The molecule has 0 aliphatic rings. The summed E-state index contributed by atoms with van der Waals surface area (Å²) in [5, 5.41) is 7.34. The van der Waals surface area contributed by atoms with Crippen molar-refractivity contribution in [2.24, 2.45) is 0 Å². The largest absolute Gasteiger partial charge is 0.473 e. The molecule has 0 saturated heterocycles. The fraction of sp³-hybridized carbons (Fsp3) is 0.273. The van der Waals surface area contributed by atoms with Gasteiger partial charge in [-0.2, -0.15) is 0 Å². The molecule has 4 nitrogen and oxygen atoms in total. The van der Waals surface area contributed by atoms with E-state index >= 15 is 0 Å². The second-order valence-electron chi connectivity index (χ2n) is 3.35. The van der Waals surface area contributed by atoms with Crippen molar-refractivity contribution < 1.29 is 14.3 Å². The second-order valence-corrected chi connectivity index (χ2v) is 5.63. The number of halogens is 3. The van der Waals surface area contributed by atoms with Gasteiger partial charge in [-0.3, -0.25) is 10.2 Å². The topological polar surface area (TPSA) is 59.4 Å². The van der Waals surface area contributed by atoms with Crippen LogP contribution in [0.25, 0.3) is 0 Å². The standard InChI is InChI=1S/C11H10Cl3NO3/c1-7(16)18-9-4-2-8(3-5-9)6-17-10(15)11(12,13)14/h2-5,15H,6H2,1H3. The number of rotatable bonds is 3. The molecule has 0 fully saturated rings. The zero-order valence-corrected chi connectivity index (χ0v) is 11.6. The van der Waals surface area contributed by atoms with E-state index in [1.165, 1.54) is 6.92 Å². The van der Waals surface area contributed by atoms with Gasteiger partial charge in [0.15, 0.2) is 0 Å². The summed E-state index contributed by atoms with van der Waals surface area (Å²) in [6.45, 7) is 1.41. The molecule has 0 bridgehead atoms. The minimum atomic E-state index is -1.86. The first-order chi connectivity index (χ1) is 8.29. The van der Waals surface area contributed by atoms with E-state index in [9.17, 15) is 4.79 Å². The molecular weight excluding hydrogens is 300 g/mol. The number of hydrogen-bond acceptors (Lipinski definition) is 4. The molecule has 18 heavy (non-hydrogen) atoms. The summed E-state index contributed by atoms with van der Waals surface area (Å²) in [6, 6.07) is 6.59. The molecule has 0 aliphatic carbocycles. The van der Waals surface area contributed by atoms with Gasteiger partial charge in [0.2, 0.25) is 5.90 Å². The number of benzene rings is 1. The van der Waals surface area contributed by atoms with Crippen LogP contribution in [-0.4, -0.2) is 15.7 Å². The molecule has 0 amide bonds. The van der Waals surface area contributed by atoms with Crippen LogP contribution in [0, 0.1) is 5.41 Å². The number of esters is 1. The third-order valence-electron chi connectivity index (χ3n) is 1.83. The summed E-state index contributed by atoms with van der Waals surface area (Å²) in [5.74, 6) is -0.406. The minimum absolute atomic E-state index is 0.0904. The van der Waals surface area contributed by atoms with E-state index in [1.807, 2.05) is 0 Å². The quantitative estimate of drug-likeness (QED) is 0.306. The summed E-state index contributed by atoms with van der Waals surface area (Å²) in [5.41, 5.74) is 0.755. The molecular formula is C11H10Cl3NO3. The van der Waals surface area contributed by atoms with Crippen molar-refractivity contribution in [3.63, 3.8) is 0 Å². The number of carbonyl (C=O) groups is 1. The number of alkyl halides is 3. The molecule has 98 valence electrons. The van der Waals surface area contributed by atoms with E-state index in [1.54, 1.807) is 24.3 Å². The number of ether oxygens (including phenoxy) is 2. The van der Waals surface area contributed by atoms with Crippen molar-refractivity contribution in [3.8, 4) is 5.75 Å². The highest BCUT2D eigenvalue weighted by Gasteiger charge is 2.28. The average molecular weight is 311 g/mol. The Morgan fingerprint density at radius 3 is 2.28 bits per heavy atom. The highest BCUT2D eigenvalue weighted by molar-refractivity contribution is 6.76. The minimum Gasteiger partial charge on any atom is -0.473 e. The average Bonchev–Trinajstić information content (AvgIpc) is 2.25. The fourth-order valence-corrected chi connectivity index (χ4v) is 1.22. The number of nitrogens with one attached hydrogen (secondary N) is 1. The Morgan fingerprint density at radius 2 is 1.83 bits per heavy atom. The summed E-state index contributed by atoms with van der Waals surface area (Å²) < 4.78 is 7.99. The van der Waals surface area contributed by atoms with Gasteiger partial charge in [-0.1, -0.05) is 46.9 Å². The van der Waals surface area contributed by atoms with E-state index in [0.717, 1.165) is 5.56 Å². The van der Waals surface area contributed by atoms with Crippen molar-refractivity contribution >= 4 is 46.7 Å². The summed E-state index contributed by atoms with van der Waals surface area (Å²) >= 11 is 16.4. The predicted octanol–water partition coefficient (Wildman–Crippen LogP) is 3.48. The first-order valence-corrected chi connectivity index (χ1v) is 5.98. The number of carbonyl (C=O) groups excluding carboxylic acids is 1. The van der Waals surface area contributed by atoms with Crippen molar-refractivity contribution in [2.45, 2.75) is 17.3 Å². The summed E-state index contributed by atoms with van der Waals surface area (Å²) in [7, 11) is 0. The van der Waals surface area contributed by atoms with E-state index in [2.05, 4.69) is 0 Å². The van der Waals surface area contributed by atoms with Gasteiger partial charge >= 0.3 is 5.97 Å². The molecule has 0 spiro atoms. The van der Waals surface area contributed by atoms with Gasteiger partial charge in [0.25, 0.3) is 3.79 Å². The lowest BCUT2D eigenvalue weighted by molar-refractivity contribution is -0.131.